The molecular formula is C52H31BN2OSi. The van der Waals surface area contributed by atoms with Crippen molar-refractivity contribution < 1.29 is 4.42 Å². The molecule has 5 heterocycles. The third-order valence-electron chi connectivity index (χ3n) is 13.4. The van der Waals surface area contributed by atoms with E-state index in [0.29, 0.717) is 0 Å². The van der Waals surface area contributed by atoms with Gasteiger partial charge in [0.05, 0.1) is 0 Å². The fraction of sp³-hybridized carbons (Fsp3) is 0. The highest BCUT2D eigenvalue weighted by molar-refractivity contribution is 7.21. The lowest BCUT2D eigenvalue weighted by Crippen LogP contribution is -2.78. The molecule has 11 aromatic rings. The van der Waals surface area contributed by atoms with Crippen LogP contribution in [0.15, 0.2) is 192 Å². The second-order valence-electron chi connectivity index (χ2n) is 15.9. The number of hydrogen-bond donors (Lipinski definition) is 0. The summed E-state index contributed by atoms with van der Waals surface area (Å²) in [6.45, 7) is -0.0848. The van der Waals surface area contributed by atoms with Gasteiger partial charge < -0.3 is 13.8 Å². The van der Waals surface area contributed by atoms with E-state index in [4.69, 9.17) is 4.42 Å². The number of para-hydroxylation sites is 4. The summed E-state index contributed by atoms with van der Waals surface area (Å²) in [6, 6.07) is 70.8. The lowest BCUT2D eigenvalue weighted by Gasteiger charge is -2.49. The maximum Gasteiger partial charge on any atom is 0.333 e. The van der Waals surface area contributed by atoms with E-state index >= 15 is 0 Å². The Balaban J connectivity index is 1.22. The van der Waals surface area contributed by atoms with Crippen LogP contribution in [0.25, 0.3) is 65.6 Å². The Morgan fingerprint density at radius 1 is 0.491 bits per heavy atom. The molecular weight excluding hydrogens is 707 g/mol. The second-order valence-corrected chi connectivity index (χ2v) is 19.7. The SMILES string of the molecule is c1ccc([Si]2(c3ccccc3)c3ccccc3N3c4cc5c(oc6ccccc65)c5c4B(c4cccc2c43)n2c3cc4ccccc4cc3c3cccc-5c32)cc1. The highest BCUT2D eigenvalue weighted by Gasteiger charge is 2.53. The van der Waals surface area contributed by atoms with Crippen LogP contribution in [-0.2, 0) is 0 Å². The monoisotopic (exact) mass is 738 g/mol. The van der Waals surface area contributed by atoms with Crippen LogP contribution < -0.4 is 36.6 Å². The normalized spacial score (nSPS) is 14.4. The van der Waals surface area contributed by atoms with Crippen LogP contribution >= 0.6 is 0 Å². The highest BCUT2D eigenvalue weighted by atomic mass is 28.3. The summed E-state index contributed by atoms with van der Waals surface area (Å²) in [4.78, 5) is 2.64. The van der Waals surface area contributed by atoms with Crippen molar-refractivity contribution in [3.05, 3.63) is 188 Å². The van der Waals surface area contributed by atoms with Crippen molar-refractivity contribution in [1.29, 1.82) is 0 Å². The van der Waals surface area contributed by atoms with Gasteiger partial charge in [-0.2, -0.15) is 0 Å². The fourth-order valence-corrected chi connectivity index (χ4v) is 16.4. The zero-order valence-electron chi connectivity index (χ0n) is 30.8. The van der Waals surface area contributed by atoms with Gasteiger partial charge >= 0.3 is 6.85 Å². The molecule has 3 aliphatic rings. The van der Waals surface area contributed by atoms with Gasteiger partial charge in [-0.15, -0.1) is 0 Å². The van der Waals surface area contributed by atoms with Gasteiger partial charge in [-0.25, -0.2) is 0 Å². The summed E-state index contributed by atoms with van der Waals surface area (Å²) in [5, 5.41) is 13.0. The molecule has 0 bridgehead atoms. The zero-order valence-corrected chi connectivity index (χ0v) is 31.8. The molecule has 0 N–H and O–H groups in total. The third kappa shape index (κ3) is 3.56. The quantitative estimate of drug-likeness (QED) is 0.165. The van der Waals surface area contributed by atoms with E-state index in [1.165, 1.54) is 92.4 Å². The molecule has 0 amide bonds. The average molecular weight is 739 g/mol. The Kier molecular flexibility index (Phi) is 5.62. The van der Waals surface area contributed by atoms with Gasteiger partial charge in [0.15, 0.2) is 8.07 Å². The maximum atomic E-state index is 7.00. The van der Waals surface area contributed by atoms with Crippen LogP contribution in [0, 0.1) is 0 Å². The Hall–Kier alpha value is -7.08. The Labute approximate surface area is 329 Å². The van der Waals surface area contributed by atoms with Crippen molar-refractivity contribution in [2.75, 3.05) is 4.90 Å². The van der Waals surface area contributed by atoms with E-state index < -0.39 is 8.07 Å². The minimum Gasteiger partial charge on any atom is -0.455 e. The number of hydrogen-bond acceptors (Lipinski definition) is 2. The van der Waals surface area contributed by atoms with Gasteiger partial charge in [0.1, 0.15) is 11.2 Å². The van der Waals surface area contributed by atoms with Gasteiger partial charge in [-0.3, -0.25) is 0 Å². The first-order valence-electron chi connectivity index (χ1n) is 19.9. The van der Waals surface area contributed by atoms with Crippen molar-refractivity contribution >= 4 is 118 Å². The smallest absolute Gasteiger partial charge is 0.333 e. The first kappa shape index (κ1) is 30.2. The van der Waals surface area contributed by atoms with Crippen molar-refractivity contribution in [3.8, 4) is 11.1 Å². The summed E-state index contributed by atoms with van der Waals surface area (Å²) in [5.74, 6) is 0. The van der Waals surface area contributed by atoms with Crippen LogP contribution in [-0.4, -0.2) is 19.4 Å². The van der Waals surface area contributed by atoms with E-state index in [-0.39, 0.29) is 6.85 Å². The highest BCUT2D eigenvalue weighted by Crippen LogP contribution is 2.50. The summed E-state index contributed by atoms with van der Waals surface area (Å²) in [6.07, 6.45) is 0. The molecule has 262 valence electrons. The number of aromatic nitrogens is 1. The molecule has 3 nitrogen and oxygen atoms in total. The number of rotatable bonds is 2. The van der Waals surface area contributed by atoms with Crippen molar-refractivity contribution in [3.63, 3.8) is 0 Å². The number of fused-ring (bicyclic) bond motifs is 14. The minimum atomic E-state index is -2.85. The first-order chi connectivity index (χ1) is 28.3. The van der Waals surface area contributed by atoms with E-state index in [0.717, 1.165) is 21.9 Å². The number of anilines is 3. The van der Waals surface area contributed by atoms with Gasteiger partial charge in [-0.05, 0) is 72.8 Å². The summed E-state index contributed by atoms with van der Waals surface area (Å²) in [5.41, 5.74) is 13.3. The summed E-state index contributed by atoms with van der Waals surface area (Å²) < 4.78 is 9.69. The predicted octanol–water partition coefficient (Wildman–Crippen LogP) is 8.96. The number of nitrogens with zero attached hydrogens (tertiary/aromatic N) is 2. The molecule has 0 radical (unpaired) electrons. The Morgan fingerprint density at radius 2 is 1.16 bits per heavy atom. The first-order valence-corrected chi connectivity index (χ1v) is 21.9. The van der Waals surface area contributed by atoms with Gasteiger partial charge in [-0.1, -0.05) is 158 Å². The maximum absolute atomic E-state index is 7.00. The van der Waals surface area contributed by atoms with Gasteiger partial charge in [0.25, 0.3) is 0 Å². The minimum absolute atomic E-state index is 0.0848. The van der Waals surface area contributed by atoms with Crippen LogP contribution in [0.5, 0.6) is 0 Å². The molecule has 0 unspecified atom stereocenters. The molecule has 0 saturated carbocycles. The topological polar surface area (TPSA) is 21.3 Å². The summed E-state index contributed by atoms with van der Waals surface area (Å²) >= 11 is 0. The molecule has 2 aromatic heterocycles. The second kappa shape index (κ2) is 10.6. The van der Waals surface area contributed by atoms with Crippen LogP contribution in [0.2, 0.25) is 0 Å². The van der Waals surface area contributed by atoms with Crippen molar-refractivity contribution in [2.45, 2.75) is 0 Å². The largest absolute Gasteiger partial charge is 0.455 e. The zero-order chi connectivity index (χ0) is 37.0. The average Bonchev–Trinajstić information content (AvgIpc) is 3.81. The van der Waals surface area contributed by atoms with E-state index in [9.17, 15) is 0 Å². The summed E-state index contributed by atoms with van der Waals surface area (Å²) in [7, 11) is -2.85. The molecule has 0 spiro atoms. The fourth-order valence-electron chi connectivity index (χ4n) is 11.3. The number of benzene rings is 9. The van der Waals surface area contributed by atoms with E-state index in [1.807, 2.05) is 0 Å². The van der Waals surface area contributed by atoms with Gasteiger partial charge in [0.2, 0.25) is 0 Å². The Bertz CT molecular complexity index is 3510. The van der Waals surface area contributed by atoms with Crippen LogP contribution in [0.4, 0.5) is 17.1 Å². The van der Waals surface area contributed by atoms with Gasteiger partial charge in [0, 0.05) is 60.8 Å². The predicted molar refractivity (Wildman–Crippen MR) is 242 cm³/mol. The molecule has 0 saturated heterocycles. The molecule has 57 heavy (non-hydrogen) atoms. The van der Waals surface area contributed by atoms with E-state index in [2.05, 4.69) is 197 Å². The van der Waals surface area contributed by atoms with Crippen molar-refractivity contribution in [2.24, 2.45) is 0 Å². The lowest BCUT2D eigenvalue weighted by molar-refractivity contribution is 0.670. The molecule has 0 atom stereocenters. The third-order valence-corrected chi connectivity index (χ3v) is 18.2. The molecule has 0 fully saturated rings. The number of furan rings is 1. The van der Waals surface area contributed by atoms with Crippen LogP contribution in [0.3, 0.4) is 0 Å². The standard InChI is InChI=1S/C52H31BN2OSi/c1-3-17-34(18-4-1)57(35-19-5-2-6-20-35)46-27-12-10-25-42(46)54-44-31-40-36-21-9-11-26-45(36)56-52(40)48-38-23-13-22-37-39-29-32-15-7-8-16-33(32)30-43(39)55(50(37)38)53(49(44)48)41-24-14-28-47(57)51(41)54/h1-31H. The molecule has 9 aromatic carbocycles. The molecule has 3 aliphatic heterocycles. The van der Waals surface area contributed by atoms with Crippen LogP contribution in [0.1, 0.15) is 0 Å². The molecule has 5 heteroatoms. The van der Waals surface area contributed by atoms with Crippen molar-refractivity contribution in [1.82, 2.24) is 4.48 Å². The molecule has 0 aliphatic carbocycles. The van der Waals surface area contributed by atoms with E-state index in [1.54, 1.807) is 0 Å². The lowest BCUT2D eigenvalue weighted by atomic mass is 9.45. The molecule has 14 rings (SSSR count). The Morgan fingerprint density at radius 3 is 1.98 bits per heavy atom.